The highest BCUT2D eigenvalue weighted by molar-refractivity contribution is 5.74. The molecule has 0 aliphatic rings. The number of ether oxygens (including phenoxy) is 1. The van der Waals surface area contributed by atoms with Crippen molar-refractivity contribution in [3.8, 4) is 28.0 Å². The zero-order valence-corrected chi connectivity index (χ0v) is 16.7. The molecule has 0 atom stereocenters. The van der Waals surface area contributed by atoms with Crippen molar-refractivity contribution in [1.82, 2.24) is 0 Å². The van der Waals surface area contributed by atoms with Crippen LogP contribution >= 0.6 is 0 Å². The van der Waals surface area contributed by atoms with Crippen molar-refractivity contribution in [1.29, 1.82) is 0 Å². The van der Waals surface area contributed by atoms with Gasteiger partial charge in [-0.2, -0.15) is 4.39 Å². The Labute approximate surface area is 166 Å². The molecule has 0 fully saturated rings. The van der Waals surface area contributed by atoms with Gasteiger partial charge in [0.2, 0.25) is 5.82 Å². The van der Waals surface area contributed by atoms with Crippen molar-refractivity contribution in [2.24, 2.45) is 0 Å². The van der Waals surface area contributed by atoms with Gasteiger partial charge in [0.25, 0.3) is 0 Å². The predicted molar refractivity (Wildman–Crippen MR) is 112 cm³/mol. The van der Waals surface area contributed by atoms with Crippen LogP contribution < -0.4 is 4.74 Å². The first-order chi connectivity index (χ1) is 13.5. The molecule has 0 amide bonds. The summed E-state index contributed by atoms with van der Waals surface area (Å²) in [6, 6.07) is 17.2. The Morgan fingerprint density at radius 2 is 1.46 bits per heavy atom. The summed E-state index contributed by atoms with van der Waals surface area (Å²) in [5.74, 6) is -1.82. The molecule has 0 N–H and O–H groups in total. The van der Waals surface area contributed by atoms with E-state index in [9.17, 15) is 8.78 Å². The topological polar surface area (TPSA) is 9.23 Å². The van der Waals surface area contributed by atoms with E-state index in [2.05, 4.69) is 31.2 Å². The zero-order valence-electron chi connectivity index (χ0n) is 16.7. The molecule has 0 saturated heterocycles. The standard InChI is InChI=1S/C25H26F2O/c1-4-6-15-28-23-14-13-22(24(26)25(23)27)20-11-12-21(17(3)16-20)19-9-7-18(5-2)8-10-19/h7-14,16H,4-6,15H2,1-3H3. The van der Waals surface area contributed by atoms with E-state index in [1.54, 1.807) is 6.07 Å². The predicted octanol–water partition coefficient (Wildman–Crippen LogP) is 7.35. The maximum Gasteiger partial charge on any atom is 0.201 e. The minimum absolute atomic E-state index is 0.0287. The van der Waals surface area contributed by atoms with Gasteiger partial charge in [-0.25, -0.2) is 4.39 Å². The molecule has 3 rings (SSSR count). The monoisotopic (exact) mass is 380 g/mol. The summed E-state index contributed by atoms with van der Waals surface area (Å²) in [4.78, 5) is 0. The van der Waals surface area contributed by atoms with Gasteiger partial charge >= 0.3 is 0 Å². The highest BCUT2D eigenvalue weighted by Gasteiger charge is 2.16. The van der Waals surface area contributed by atoms with Crippen LogP contribution in [0.25, 0.3) is 22.3 Å². The van der Waals surface area contributed by atoms with Crippen molar-refractivity contribution in [3.63, 3.8) is 0 Å². The van der Waals surface area contributed by atoms with Crippen molar-refractivity contribution >= 4 is 0 Å². The molecule has 0 aliphatic carbocycles. The van der Waals surface area contributed by atoms with Gasteiger partial charge < -0.3 is 4.74 Å². The SMILES string of the molecule is CCCCOc1ccc(-c2ccc(-c3ccc(CC)cc3)c(C)c2)c(F)c1F. The number of aryl methyl sites for hydroxylation is 2. The Balaban J connectivity index is 1.90. The van der Waals surface area contributed by atoms with Crippen molar-refractivity contribution in [2.75, 3.05) is 6.61 Å². The van der Waals surface area contributed by atoms with Gasteiger partial charge in [-0.05, 0) is 59.7 Å². The lowest BCUT2D eigenvalue weighted by Gasteiger charge is -2.12. The molecule has 3 aromatic rings. The molecule has 0 radical (unpaired) electrons. The fraction of sp³-hybridized carbons (Fsp3) is 0.280. The van der Waals surface area contributed by atoms with E-state index in [-0.39, 0.29) is 11.3 Å². The fourth-order valence-corrected chi connectivity index (χ4v) is 3.27. The van der Waals surface area contributed by atoms with E-state index < -0.39 is 11.6 Å². The molecule has 3 heteroatoms. The number of halogens is 2. The van der Waals surface area contributed by atoms with Crippen LogP contribution in [0.2, 0.25) is 0 Å². The molecule has 0 aromatic heterocycles. The first-order valence-electron chi connectivity index (χ1n) is 9.86. The second-order valence-electron chi connectivity index (χ2n) is 7.02. The van der Waals surface area contributed by atoms with Crippen molar-refractivity contribution < 1.29 is 13.5 Å². The van der Waals surface area contributed by atoms with Crippen LogP contribution in [0.4, 0.5) is 8.78 Å². The summed E-state index contributed by atoms with van der Waals surface area (Å²) in [5, 5.41) is 0. The molecule has 0 heterocycles. The van der Waals surface area contributed by atoms with Crippen LogP contribution in [0.5, 0.6) is 5.75 Å². The average molecular weight is 380 g/mol. The Kier molecular flexibility index (Phi) is 6.45. The number of unbranched alkanes of at least 4 members (excludes halogenated alkanes) is 1. The first-order valence-corrected chi connectivity index (χ1v) is 9.86. The second kappa shape index (κ2) is 9.01. The molecule has 0 saturated carbocycles. The lowest BCUT2D eigenvalue weighted by molar-refractivity contribution is 0.289. The molecular formula is C25H26F2O. The van der Waals surface area contributed by atoms with Gasteiger partial charge in [0, 0.05) is 5.56 Å². The molecule has 0 unspecified atom stereocenters. The van der Waals surface area contributed by atoms with Gasteiger partial charge in [0.15, 0.2) is 11.6 Å². The maximum absolute atomic E-state index is 14.6. The summed E-state index contributed by atoms with van der Waals surface area (Å²) in [5.41, 5.74) is 5.42. The van der Waals surface area contributed by atoms with E-state index in [1.165, 1.54) is 11.6 Å². The van der Waals surface area contributed by atoms with Crippen LogP contribution in [-0.2, 0) is 6.42 Å². The number of hydrogen-bond acceptors (Lipinski definition) is 1. The Morgan fingerprint density at radius 3 is 2.11 bits per heavy atom. The van der Waals surface area contributed by atoms with E-state index >= 15 is 0 Å². The van der Waals surface area contributed by atoms with Gasteiger partial charge in [-0.3, -0.25) is 0 Å². The van der Waals surface area contributed by atoms with Gasteiger partial charge in [0.1, 0.15) is 0 Å². The summed E-state index contributed by atoms with van der Waals surface area (Å²) < 4.78 is 34.4. The lowest BCUT2D eigenvalue weighted by Crippen LogP contribution is -2.01. The number of rotatable bonds is 7. The molecule has 1 nitrogen and oxygen atoms in total. The number of hydrogen-bond donors (Lipinski definition) is 0. The summed E-state index contributed by atoms with van der Waals surface area (Å²) in [7, 11) is 0. The molecule has 0 bridgehead atoms. The van der Waals surface area contributed by atoms with E-state index in [1.807, 2.05) is 32.0 Å². The maximum atomic E-state index is 14.6. The third-order valence-electron chi connectivity index (χ3n) is 5.01. The van der Waals surface area contributed by atoms with Crippen LogP contribution in [-0.4, -0.2) is 6.61 Å². The Hall–Kier alpha value is -2.68. The zero-order chi connectivity index (χ0) is 20.1. The van der Waals surface area contributed by atoms with Gasteiger partial charge in [0.05, 0.1) is 6.61 Å². The largest absolute Gasteiger partial charge is 0.490 e. The fourth-order valence-electron chi connectivity index (χ4n) is 3.27. The van der Waals surface area contributed by atoms with Crippen LogP contribution in [0, 0.1) is 18.6 Å². The molecular weight excluding hydrogens is 354 g/mol. The molecule has 0 aliphatic heterocycles. The van der Waals surface area contributed by atoms with Crippen molar-refractivity contribution in [3.05, 3.63) is 77.4 Å². The highest BCUT2D eigenvalue weighted by atomic mass is 19.2. The summed E-state index contributed by atoms with van der Waals surface area (Å²) in [6.45, 7) is 6.52. The third kappa shape index (κ3) is 4.24. The van der Waals surface area contributed by atoms with Crippen LogP contribution in [0.3, 0.4) is 0 Å². The third-order valence-corrected chi connectivity index (χ3v) is 5.01. The minimum atomic E-state index is -0.925. The smallest absolute Gasteiger partial charge is 0.201 e. The van der Waals surface area contributed by atoms with Gasteiger partial charge in [-0.15, -0.1) is 0 Å². The second-order valence-corrected chi connectivity index (χ2v) is 7.02. The first kappa shape index (κ1) is 20.1. The van der Waals surface area contributed by atoms with Crippen LogP contribution in [0.15, 0.2) is 54.6 Å². The van der Waals surface area contributed by atoms with E-state index in [4.69, 9.17) is 4.74 Å². The Morgan fingerprint density at radius 1 is 0.786 bits per heavy atom. The summed E-state index contributed by atoms with van der Waals surface area (Å²) >= 11 is 0. The highest BCUT2D eigenvalue weighted by Crippen LogP contribution is 2.33. The van der Waals surface area contributed by atoms with E-state index in [0.717, 1.165) is 36.0 Å². The average Bonchev–Trinajstić information content (AvgIpc) is 2.71. The molecule has 146 valence electrons. The molecule has 28 heavy (non-hydrogen) atoms. The van der Waals surface area contributed by atoms with Crippen LogP contribution in [0.1, 0.15) is 37.8 Å². The Bertz CT molecular complexity index is 946. The van der Waals surface area contributed by atoms with Gasteiger partial charge in [-0.1, -0.05) is 62.7 Å². The lowest BCUT2D eigenvalue weighted by atomic mass is 9.95. The number of benzene rings is 3. The minimum Gasteiger partial charge on any atom is -0.490 e. The normalized spacial score (nSPS) is 10.9. The van der Waals surface area contributed by atoms with E-state index in [0.29, 0.717) is 12.2 Å². The molecule has 3 aromatic carbocycles. The van der Waals surface area contributed by atoms with Crippen molar-refractivity contribution in [2.45, 2.75) is 40.0 Å². The quantitative estimate of drug-likeness (QED) is 0.389. The molecule has 0 spiro atoms. The summed E-state index contributed by atoms with van der Waals surface area (Å²) in [6.07, 6.45) is 2.75.